The monoisotopic (exact) mass is 1070 g/mol. The highest BCUT2D eigenvalue weighted by molar-refractivity contribution is 5.96. The molecule has 0 bridgehead atoms. The lowest BCUT2D eigenvalue weighted by Crippen LogP contribution is -2.56. The predicted molar refractivity (Wildman–Crippen MR) is 274 cm³/mol. The van der Waals surface area contributed by atoms with Crippen LogP contribution in [0.5, 0.6) is 0 Å². The topological polar surface area (TPSA) is 277 Å². The molecule has 6 N–H and O–H groups in total. The highest BCUT2D eigenvalue weighted by atomic mass is 19.4. The Kier molecular flexibility index (Phi) is 16.2. The number of rotatable bonds is 19. The van der Waals surface area contributed by atoms with Gasteiger partial charge in [-0.1, -0.05) is 38.1 Å². The zero-order chi connectivity index (χ0) is 55.7. The summed E-state index contributed by atoms with van der Waals surface area (Å²) < 4.78 is 51.7. The molecule has 3 saturated carbocycles. The Morgan fingerprint density at radius 2 is 1.22 bits per heavy atom. The van der Waals surface area contributed by atoms with Crippen molar-refractivity contribution in [2.24, 2.45) is 23.7 Å². The minimum absolute atomic E-state index is 0.0408. The van der Waals surface area contributed by atoms with Crippen LogP contribution in [0.3, 0.4) is 0 Å². The summed E-state index contributed by atoms with van der Waals surface area (Å²) in [5.74, 6) is -1.02. The summed E-state index contributed by atoms with van der Waals surface area (Å²) in [5.41, 5.74) is 1.57. The number of carboxylic acids is 1. The van der Waals surface area contributed by atoms with Crippen molar-refractivity contribution in [3.63, 3.8) is 0 Å². The van der Waals surface area contributed by atoms with Gasteiger partial charge in [-0.25, -0.2) is 19.7 Å². The minimum Gasteiger partial charge on any atom is -0.480 e. The molecule has 4 amide bonds. The highest BCUT2D eigenvalue weighted by Crippen LogP contribution is 2.35. The lowest BCUT2D eigenvalue weighted by atomic mass is 9.95. The quantitative estimate of drug-likeness (QED) is 0.0446. The largest absolute Gasteiger partial charge is 0.480 e. The fraction of sp³-hybridized carbons (Fsp3) is 0.481. The van der Waals surface area contributed by atoms with E-state index in [2.05, 4.69) is 46.2 Å². The zero-order valence-electron chi connectivity index (χ0n) is 44.0. The lowest BCUT2D eigenvalue weighted by molar-refractivity contribution is -0.208. The number of amides is 4. The molecule has 2 aromatic carbocycles. The number of H-pyrrole nitrogens is 1. The maximum Gasteiger partial charge on any atom is 0.416 e. The third-order valence-corrected chi connectivity index (χ3v) is 13.8. The number of oxazole rings is 2. The summed E-state index contributed by atoms with van der Waals surface area (Å²) in [4.78, 5) is 77.6. The van der Waals surface area contributed by atoms with E-state index in [1.165, 1.54) is 23.4 Å². The van der Waals surface area contributed by atoms with Gasteiger partial charge >= 0.3 is 12.1 Å². The van der Waals surface area contributed by atoms with Crippen LogP contribution in [0, 0.1) is 23.7 Å². The second-order valence-electron chi connectivity index (χ2n) is 21.6. The van der Waals surface area contributed by atoms with E-state index in [4.69, 9.17) is 8.83 Å². The number of hydrogen-bond acceptors (Lipinski definition) is 13. The fourth-order valence-electron chi connectivity index (χ4n) is 8.90. The van der Waals surface area contributed by atoms with Crippen LogP contribution >= 0.6 is 0 Å². The molecule has 9 rings (SSSR count). The number of alkyl halides is 3. The first-order chi connectivity index (χ1) is 36.4. The third-order valence-electron chi connectivity index (χ3n) is 13.8. The molecule has 5 atom stereocenters. The van der Waals surface area contributed by atoms with Gasteiger partial charge in [-0.15, -0.1) is 0 Å². The number of aliphatic carboxylic acids is 1. The number of aromatic nitrogens is 7. The maximum atomic E-state index is 13.4. The van der Waals surface area contributed by atoms with Crippen LogP contribution in [0.15, 0.2) is 75.8 Å². The molecule has 0 radical (unpaired) electrons. The number of benzene rings is 2. The molecular formula is C54H64F3N11O9. The number of aliphatic hydroxyl groups is 1. The second kappa shape index (κ2) is 22.5. The first-order valence-corrected chi connectivity index (χ1v) is 25.7. The average molecular weight is 1070 g/mol. The molecular weight excluding hydrogens is 1000 g/mol. The van der Waals surface area contributed by atoms with Crippen LogP contribution in [0.2, 0.25) is 0 Å². The average Bonchev–Trinajstić information content (AvgIpc) is 4.35. The number of hydrogen-bond donors (Lipinski definition) is 6. The van der Waals surface area contributed by atoms with Crippen LogP contribution in [-0.2, 0) is 11.3 Å². The van der Waals surface area contributed by atoms with Crippen molar-refractivity contribution in [3.05, 3.63) is 90.0 Å². The fourth-order valence-corrected chi connectivity index (χ4v) is 8.90. The Labute approximate surface area is 442 Å². The summed E-state index contributed by atoms with van der Waals surface area (Å²) in [6.07, 6.45) is 1.46. The van der Waals surface area contributed by atoms with E-state index in [1.54, 1.807) is 83.1 Å². The van der Waals surface area contributed by atoms with Gasteiger partial charge in [0, 0.05) is 45.9 Å². The maximum absolute atomic E-state index is 13.4. The molecule has 0 saturated heterocycles. The van der Waals surface area contributed by atoms with E-state index in [-0.39, 0.29) is 76.4 Å². The van der Waals surface area contributed by atoms with Crippen molar-refractivity contribution >= 4 is 29.6 Å². The lowest BCUT2D eigenvalue weighted by Gasteiger charge is -2.40. The van der Waals surface area contributed by atoms with Crippen LogP contribution < -0.4 is 16.0 Å². The zero-order valence-corrected chi connectivity index (χ0v) is 44.0. The van der Waals surface area contributed by atoms with Gasteiger partial charge in [0.05, 0.1) is 24.6 Å². The molecule has 1 unspecified atom stereocenters. The van der Waals surface area contributed by atoms with Crippen molar-refractivity contribution in [2.45, 2.75) is 142 Å². The Balaban J connectivity index is 0.000000204. The number of aliphatic hydroxyl groups excluding tert-OH is 1. The van der Waals surface area contributed by atoms with E-state index < -0.39 is 48.2 Å². The second-order valence-corrected chi connectivity index (χ2v) is 21.6. The summed E-state index contributed by atoms with van der Waals surface area (Å²) in [6, 6.07) is 14.1. The predicted octanol–water partition coefficient (Wildman–Crippen LogP) is 8.19. The summed E-state index contributed by atoms with van der Waals surface area (Å²) in [5, 5.41) is 39.3. The molecule has 6 aromatic rings. The summed E-state index contributed by atoms with van der Waals surface area (Å²) >= 11 is 0. The molecule has 0 spiro atoms. The molecule has 77 heavy (non-hydrogen) atoms. The van der Waals surface area contributed by atoms with Gasteiger partial charge in [0.25, 0.3) is 23.6 Å². The molecule has 0 aliphatic heterocycles. The molecule has 4 aromatic heterocycles. The first-order valence-electron chi connectivity index (χ1n) is 25.7. The number of halogens is 3. The molecule has 4 heterocycles. The molecule has 23 heteroatoms. The van der Waals surface area contributed by atoms with Crippen LogP contribution in [-0.4, -0.2) is 122 Å². The van der Waals surface area contributed by atoms with Crippen molar-refractivity contribution in [3.8, 4) is 45.6 Å². The number of carbonyl (C=O) groups is 5. The van der Waals surface area contributed by atoms with Gasteiger partial charge in [-0.2, -0.15) is 23.4 Å². The SMILES string of the molecule is CC(C)[C@@H](C(=O)O)N(C(=O)c1cnc(-c2cccc(-c3n[nH]c(C(=O)N[C@@H](C)C4CC4)n3)c2)o1)C(C)(C)C.C[C@H](NC(=O)c1cc(-c2cccc(-c3ncc(C(=O)N[C@H](C)C4CC4)o3)c2)nn1CC(O)C(F)(F)F)C1CC1. The van der Waals surface area contributed by atoms with Crippen molar-refractivity contribution in [1.82, 2.24) is 55.8 Å². The van der Waals surface area contributed by atoms with Crippen molar-refractivity contribution in [2.75, 3.05) is 0 Å². The standard InChI is InChI=1S/C27H30F3N5O4.C27H34N6O5/c1-14(16-6-7-16)32-24(37)21-11-20(34-35(21)13-23(36)27(28,29)30)18-4-3-5-19(10-18)26-31-12-22(39-26)25(38)33-15(2)17-8-9-17;1-14(2)20(26(36)37)33(27(4,5)6)25(35)19-13-28-24(38-19)18-9-7-8-17(12-18)21-30-22(32-31-21)23(34)29-15(3)16-10-11-16/h3-5,10-12,14-17,23,36H,6-9,13H2,1-2H3,(H,32,37)(H,33,38);7-9,12-16,20H,10-11H2,1-6H3,(H,29,34)(H,36,37)(H,30,31,32)/t14-,15+,23?;15-,20-/m00/s1. The van der Waals surface area contributed by atoms with Gasteiger partial charge in [0.15, 0.2) is 11.9 Å². The Hall–Kier alpha value is -7.69. The Morgan fingerprint density at radius 1 is 0.727 bits per heavy atom. The van der Waals surface area contributed by atoms with Crippen LogP contribution in [0.1, 0.15) is 136 Å². The normalized spacial score (nSPS) is 16.6. The molecule has 3 aliphatic carbocycles. The Bertz CT molecular complexity index is 3110. The van der Waals surface area contributed by atoms with Crippen LogP contribution in [0.25, 0.3) is 45.6 Å². The number of carboxylic acid groups (broad SMARTS) is 1. The molecule has 20 nitrogen and oxygen atoms in total. The van der Waals surface area contributed by atoms with Gasteiger partial charge in [-0.3, -0.25) is 29.0 Å². The smallest absolute Gasteiger partial charge is 0.416 e. The summed E-state index contributed by atoms with van der Waals surface area (Å²) in [7, 11) is 0. The Morgan fingerprint density at radius 3 is 1.74 bits per heavy atom. The summed E-state index contributed by atoms with van der Waals surface area (Å²) in [6.45, 7) is 13.7. The highest BCUT2D eigenvalue weighted by Gasteiger charge is 2.42. The minimum atomic E-state index is -4.87. The van der Waals surface area contributed by atoms with Crippen molar-refractivity contribution < 1.29 is 56.2 Å². The van der Waals surface area contributed by atoms with E-state index in [9.17, 15) is 47.4 Å². The van der Waals surface area contributed by atoms with E-state index in [1.807, 2.05) is 20.8 Å². The van der Waals surface area contributed by atoms with Gasteiger partial charge < -0.3 is 39.9 Å². The molecule has 410 valence electrons. The van der Waals surface area contributed by atoms with Gasteiger partial charge in [0.2, 0.25) is 29.1 Å². The number of carbonyl (C=O) groups excluding carboxylic acids is 4. The molecule has 3 fully saturated rings. The van der Waals surface area contributed by atoms with Crippen LogP contribution in [0.4, 0.5) is 13.2 Å². The first kappa shape index (κ1) is 55.5. The van der Waals surface area contributed by atoms with Crippen molar-refractivity contribution in [1.29, 1.82) is 0 Å². The number of aromatic amines is 1. The molecule has 3 aliphatic rings. The van der Waals surface area contributed by atoms with E-state index in [0.717, 1.165) is 43.2 Å². The van der Waals surface area contributed by atoms with E-state index >= 15 is 0 Å². The van der Waals surface area contributed by atoms with Gasteiger partial charge in [0.1, 0.15) is 11.7 Å². The number of nitrogens with zero attached hydrogens (tertiary/aromatic N) is 7. The van der Waals surface area contributed by atoms with E-state index in [0.29, 0.717) is 45.8 Å². The van der Waals surface area contributed by atoms with Gasteiger partial charge in [-0.05, 0) is 134 Å². The number of nitrogens with one attached hydrogen (secondary N) is 4. The third kappa shape index (κ3) is 13.7.